The zero-order chi connectivity index (χ0) is 8.10. The lowest BCUT2D eigenvalue weighted by Gasteiger charge is -2.01. The van der Waals surface area contributed by atoms with E-state index in [0.717, 1.165) is 6.42 Å². The summed E-state index contributed by atoms with van der Waals surface area (Å²) in [6.07, 6.45) is 7.13. The first-order chi connectivity index (χ1) is 5.34. The average molecular weight is 148 g/mol. The summed E-state index contributed by atoms with van der Waals surface area (Å²) in [7, 11) is 0. The quantitative estimate of drug-likeness (QED) is 0.456. The van der Waals surface area contributed by atoms with Gasteiger partial charge in [-0.25, -0.2) is 4.57 Å². The van der Waals surface area contributed by atoms with E-state index in [1.54, 1.807) is 0 Å². The van der Waals surface area contributed by atoms with Gasteiger partial charge in [0.15, 0.2) is 18.4 Å². The fraction of sp³-hybridized carbons (Fsp3) is 0.300. The molecule has 0 aliphatic carbocycles. The molecule has 1 rings (SSSR count). The van der Waals surface area contributed by atoms with Crippen LogP contribution in [0.15, 0.2) is 43.2 Å². The van der Waals surface area contributed by atoms with Crippen LogP contribution in [0.5, 0.6) is 0 Å². The van der Waals surface area contributed by atoms with Crippen molar-refractivity contribution in [3.05, 3.63) is 43.2 Å². The SMILES string of the molecule is C=CCC(C)[n+]1ccccc1. The first kappa shape index (κ1) is 7.99. The van der Waals surface area contributed by atoms with E-state index in [0.29, 0.717) is 6.04 Å². The summed E-state index contributed by atoms with van der Waals surface area (Å²) in [6.45, 7) is 5.90. The van der Waals surface area contributed by atoms with Gasteiger partial charge >= 0.3 is 0 Å². The molecule has 0 fully saturated rings. The van der Waals surface area contributed by atoms with E-state index in [4.69, 9.17) is 0 Å². The summed E-state index contributed by atoms with van der Waals surface area (Å²) < 4.78 is 2.18. The highest BCUT2D eigenvalue weighted by Gasteiger charge is 2.07. The van der Waals surface area contributed by atoms with Gasteiger partial charge in [0, 0.05) is 18.6 Å². The predicted octanol–water partition coefficient (Wildman–Crippen LogP) is 2.11. The molecule has 1 atom stereocenters. The van der Waals surface area contributed by atoms with Crippen LogP contribution in [0.1, 0.15) is 19.4 Å². The van der Waals surface area contributed by atoms with Crippen LogP contribution in [0.25, 0.3) is 0 Å². The zero-order valence-corrected chi connectivity index (χ0v) is 6.90. The van der Waals surface area contributed by atoms with Crippen LogP contribution in [0.3, 0.4) is 0 Å². The fourth-order valence-corrected chi connectivity index (χ4v) is 1.07. The Bertz CT molecular complexity index is 216. The monoisotopic (exact) mass is 148 g/mol. The molecule has 0 saturated heterocycles. The number of nitrogens with zero attached hydrogens (tertiary/aromatic N) is 1. The van der Waals surface area contributed by atoms with Crippen LogP contribution in [0, 0.1) is 0 Å². The lowest BCUT2D eigenvalue weighted by molar-refractivity contribution is -0.719. The summed E-state index contributed by atoms with van der Waals surface area (Å²) in [5.41, 5.74) is 0. The molecular weight excluding hydrogens is 134 g/mol. The third-order valence-corrected chi connectivity index (χ3v) is 1.76. The lowest BCUT2D eigenvalue weighted by Crippen LogP contribution is -2.36. The molecule has 11 heavy (non-hydrogen) atoms. The molecule has 1 aromatic rings. The fourth-order valence-electron chi connectivity index (χ4n) is 1.07. The van der Waals surface area contributed by atoms with Crippen molar-refractivity contribution < 1.29 is 4.57 Å². The Morgan fingerprint density at radius 2 is 2.00 bits per heavy atom. The molecule has 0 amide bonds. The van der Waals surface area contributed by atoms with Crippen LogP contribution in [0.4, 0.5) is 0 Å². The van der Waals surface area contributed by atoms with Crippen molar-refractivity contribution in [3.63, 3.8) is 0 Å². The maximum absolute atomic E-state index is 3.71. The second-order valence-electron chi connectivity index (χ2n) is 2.70. The Balaban J connectivity index is 2.68. The van der Waals surface area contributed by atoms with Gasteiger partial charge in [0.25, 0.3) is 0 Å². The van der Waals surface area contributed by atoms with Gasteiger partial charge in [-0.05, 0) is 6.92 Å². The smallest absolute Gasteiger partial charge is 0.169 e. The second kappa shape index (κ2) is 3.91. The molecule has 1 heterocycles. The second-order valence-corrected chi connectivity index (χ2v) is 2.70. The minimum Gasteiger partial charge on any atom is -0.202 e. The first-order valence-electron chi connectivity index (χ1n) is 3.91. The third-order valence-electron chi connectivity index (χ3n) is 1.76. The molecule has 1 unspecified atom stereocenters. The maximum atomic E-state index is 3.71. The minimum atomic E-state index is 0.522. The van der Waals surface area contributed by atoms with E-state index < -0.39 is 0 Å². The summed E-state index contributed by atoms with van der Waals surface area (Å²) in [6, 6.07) is 6.63. The number of hydrogen-bond donors (Lipinski definition) is 0. The number of pyridine rings is 1. The highest BCUT2D eigenvalue weighted by atomic mass is 15.0. The van der Waals surface area contributed by atoms with E-state index in [9.17, 15) is 0 Å². The molecule has 0 aliphatic heterocycles. The largest absolute Gasteiger partial charge is 0.202 e. The molecule has 1 nitrogen and oxygen atoms in total. The van der Waals surface area contributed by atoms with Gasteiger partial charge in [-0.3, -0.25) is 0 Å². The van der Waals surface area contributed by atoms with Crippen molar-refractivity contribution in [2.24, 2.45) is 0 Å². The van der Waals surface area contributed by atoms with Crippen LogP contribution in [-0.2, 0) is 0 Å². The average Bonchev–Trinajstić information content (AvgIpc) is 2.07. The predicted molar refractivity (Wildman–Crippen MR) is 46.2 cm³/mol. The Hall–Kier alpha value is -1.11. The zero-order valence-electron chi connectivity index (χ0n) is 6.90. The number of allylic oxidation sites excluding steroid dienone is 1. The van der Waals surface area contributed by atoms with Crippen molar-refractivity contribution in [2.75, 3.05) is 0 Å². The summed E-state index contributed by atoms with van der Waals surface area (Å²) in [5, 5.41) is 0. The highest BCUT2D eigenvalue weighted by Crippen LogP contribution is 1.99. The van der Waals surface area contributed by atoms with Crippen molar-refractivity contribution in [3.8, 4) is 0 Å². The van der Waals surface area contributed by atoms with Gasteiger partial charge in [0.2, 0.25) is 0 Å². The van der Waals surface area contributed by atoms with Gasteiger partial charge < -0.3 is 0 Å². The maximum Gasteiger partial charge on any atom is 0.169 e. The molecule has 1 aromatic heterocycles. The van der Waals surface area contributed by atoms with Crippen molar-refractivity contribution in [1.29, 1.82) is 0 Å². The van der Waals surface area contributed by atoms with Crippen molar-refractivity contribution in [2.45, 2.75) is 19.4 Å². The Morgan fingerprint density at radius 3 is 2.55 bits per heavy atom. The van der Waals surface area contributed by atoms with Crippen LogP contribution < -0.4 is 4.57 Å². The highest BCUT2D eigenvalue weighted by molar-refractivity contribution is 4.84. The van der Waals surface area contributed by atoms with E-state index in [2.05, 4.69) is 30.5 Å². The normalized spacial score (nSPS) is 12.5. The van der Waals surface area contributed by atoms with Gasteiger partial charge in [0.05, 0.1) is 0 Å². The van der Waals surface area contributed by atoms with Gasteiger partial charge in [0.1, 0.15) is 0 Å². The number of aromatic nitrogens is 1. The molecular formula is C10H14N+. The third kappa shape index (κ3) is 2.19. The number of rotatable bonds is 3. The minimum absolute atomic E-state index is 0.522. The van der Waals surface area contributed by atoms with E-state index >= 15 is 0 Å². The van der Waals surface area contributed by atoms with E-state index in [1.165, 1.54) is 0 Å². The van der Waals surface area contributed by atoms with Crippen LogP contribution in [-0.4, -0.2) is 0 Å². The van der Waals surface area contributed by atoms with Crippen LogP contribution in [0.2, 0.25) is 0 Å². The summed E-state index contributed by atoms with van der Waals surface area (Å²) in [5.74, 6) is 0. The summed E-state index contributed by atoms with van der Waals surface area (Å²) >= 11 is 0. The van der Waals surface area contributed by atoms with Gasteiger partial charge in [-0.1, -0.05) is 12.1 Å². The molecule has 0 bridgehead atoms. The Morgan fingerprint density at radius 1 is 1.36 bits per heavy atom. The van der Waals surface area contributed by atoms with Gasteiger partial charge in [-0.2, -0.15) is 0 Å². The van der Waals surface area contributed by atoms with E-state index in [-0.39, 0.29) is 0 Å². The number of hydrogen-bond acceptors (Lipinski definition) is 0. The summed E-state index contributed by atoms with van der Waals surface area (Å²) in [4.78, 5) is 0. The Labute approximate surface area is 68.0 Å². The Kier molecular flexibility index (Phi) is 2.84. The molecule has 0 saturated carbocycles. The van der Waals surface area contributed by atoms with Crippen molar-refractivity contribution >= 4 is 0 Å². The standard InChI is InChI=1S/C10H14N/c1-3-7-10(2)11-8-5-4-6-9-11/h3-6,8-10H,1,7H2,2H3/q+1. The van der Waals surface area contributed by atoms with E-state index in [1.807, 2.05) is 24.3 Å². The lowest BCUT2D eigenvalue weighted by atomic mass is 10.2. The van der Waals surface area contributed by atoms with Gasteiger partial charge in [-0.15, -0.1) is 6.58 Å². The molecule has 0 aliphatic rings. The molecule has 1 heteroatoms. The van der Waals surface area contributed by atoms with Crippen LogP contribution >= 0.6 is 0 Å². The molecule has 0 radical (unpaired) electrons. The molecule has 0 N–H and O–H groups in total. The molecule has 58 valence electrons. The first-order valence-corrected chi connectivity index (χ1v) is 3.91. The van der Waals surface area contributed by atoms with Crippen molar-refractivity contribution in [1.82, 2.24) is 0 Å². The molecule has 0 aromatic carbocycles. The molecule has 0 spiro atoms. The topological polar surface area (TPSA) is 3.88 Å².